The van der Waals surface area contributed by atoms with Gasteiger partial charge in [-0.2, -0.15) is 5.10 Å². The van der Waals surface area contributed by atoms with Crippen LogP contribution in [0.3, 0.4) is 0 Å². The minimum Gasteiger partial charge on any atom is -0.304 e. The van der Waals surface area contributed by atoms with E-state index < -0.39 is 5.91 Å². The summed E-state index contributed by atoms with van der Waals surface area (Å²) in [7, 11) is 1.49. The Hall–Kier alpha value is -3.06. The van der Waals surface area contributed by atoms with E-state index in [2.05, 4.69) is 20.4 Å². The number of anilines is 1. The van der Waals surface area contributed by atoms with Crippen molar-refractivity contribution in [3.05, 3.63) is 69.7 Å². The van der Waals surface area contributed by atoms with Gasteiger partial charge in [-0.3, -0.25) is 9.59 Å². The summed E-state index contributed by atoms with van der Waals surface area (Å²) in [6.45, 7) is 0. The number of amides is 1. The normalized spacial score (nSPS) is 10.4. The summed E-state index contributed by atoms with van der Waals surface area (Å²) >= 11 is 6.00. The third-order valence-corrected chi connectivity index (χ3v) is 3.36. The maximum atomic E-state index is 12.4. The Balaban J connectivity index is 1.91. The third-order valence-electron chi connectivity index (χ3n) is 3.16. The molecule has 0 unspecified atom stereocenters. The van der Waals surface area contributed by atoms with Crippen molar-refractivity contribution in [1.82, 2.24) is 19.7 Å². The number of halogens is 1. The molecule has 2 aromatic heterocycles. The predicted molar refractivity (Wildman–Crippen MR) is 89.9 cm³/mol. The Labute approximate surface area is 142 Å². The summed E-state index contributed by atoms with van der Waals surface area (Å²) in [5.41, 5.74) is 0.572. The highest BCUT2D eigenvalue weighted by molar-refractivity contribution is 6.29. The zero-order valence-electron chi connectivity index (χ0n) is 12.6. The number of carbonyl (C=O) groups is 1. The molecule has 3 rings (SSSR count). The van der Waals surface area contributed by atoms with E-state index in [0.717, 1.165) is 10.2 Å². The molecule has 2 heterocycles. The lowest BCUT2D eigenvalue weighted by Gasteiger charge is -2.07. The average Bonchev–Trinajstić information content (AvgIpc) is 2.58. The minimum absolute atomic E-state index is 0.101. The Kier molecular flexibility index (Phi) is 4.35. The topological polar surface area (TPSA) is 89.8 Å². The number of nitrogens with one attached hydrogen (secondary N) is 1. The zero-order valence-corrected chi connectivity index (χ0v) is 13.4. The molecular formula is C16H12ClN5O2. The Morgan fingerprint density at radius 2 is 1.88 bits per heavy atom. The van der Waals surface area contributed by atoms with Crippen molar-refractivity contribution in [2.24, 2.45) is 7.05 Å². The zero-order chi connectivity index (χ0) is 17.1. The molecule has 7 nitrogen and oxygen atoms in total. The van der Waals surface area contributed by atoms with Crippen LogP contribution in [0.15, 0.2) is 53.3 Å². The molecule has 120 valence electrons. The van der Waals surface area contributed by atoms with E-state index in [9.17, 15) is 9.59 Å². The van der Waals surface area contributed by atoms with E-state index in [-0.39, 0.29) is 22.2 Å². The van der Waals surface area contributed by atoms with Crippen molar-refractivity contribution in [2.45, 2.75) is 0 Å². The number of benzene rings is 1. The first-order valence-corrected chi connectivity index (χ1v) is 7.36. The molecule has 0 aliphatic carbocycles. The van der Waals surface area contributed by atoms with E-state index in [1.807, 2.05) is 30.3 Å². The van der Waals surface area contributed by atoms with Gasteiger partial charge in [-0.1, -0.05) is 41.9 Å². The highest BCUT2D eigenvalue weighted by Gasteiger charge is 2.13. The van der Waals surface area contributed by atoms with Gasteiger partial charge in [0.2, 0.25) is 0 Å². The van der Waals surface area contributed by atoms with Crippen LogP contribution in [0.2, 0.25) is 5.15 Å². The molecule has 1 amide bonds. The van der Waals surface area contributed by atoms with Crippen LogP contribution in [-0.4, -0.2) is 25.7 Å². The lowest BCUT2D eigenvalue weighted by Crippen LogP contribution is -2.22. The fourth-order valence-electron chi connectivity index (χ4n) is 2.00. The van der Waals surface area contributed by atoms with Crippen LogP contribution in [0.4, 0.5) is 5.82 Å². The smallest absolute Gasteiger partial charge is 0.275 e. The van der Waals surface area contributed by atoms with Gasteiger partial charge in [-0.05, 0) is 6.07 Å². The molecule has 8 heteroatoms. The number of aryl methyl sites for hydroxylation is 1. The summed E-state index contributed by atoms with van der Waals surface area (Å²) in [6.07, 6.45) is 0. The second-order valence-corrected chi connectivity index (χ2v) is 5.29. The molecule has 0 aliphatic rings. The van der Waals surface area contributed by atoms with Crippen LogP contribution >= 0.6 is 11.6 Å². The van der Waals surface area contributed by atoms with Gasteiger partial charge in [0.05, 0.1) is 0 Å². The second kappa shape index (κ2) is 6.59. The van der Waals surface area contributed by atoms with E-state index >= 15 is 0 Å². The summed E-state index contributed by atoms with van der Waals surface area (Å²) in [5, 5.41) is 6.67. The number of aromatic nitrogens is 4. The first kappa shape index (κ1) is 15.8. The number of hydrogen-bond donors (Lipinski definition) is 1. The number of carbonyl (C=O) groups excluding carboxylic acids is 1. The first-order chi connectivity index (χ1) is 11.5. The largest absolute Gasteiger partial charge is 0.304 e. The van der Waals surface area contributed by atoms with Gasteiger partial charge in [-0.15, -0.1) is 0 Å². The molecule has 0 saturated carbocycles. The highest BCUT2D eigenvalue weighted by atomic mass is 35.5. The SMILES string of the molecule is Cn1nc(NC(=O)c2cc(Cl)nc(-c3ccccc3)n2)ccc1=O. The predicted octanol–water partition coefficient (Wildman–Crippen LogP) is 2.14. The molecule has 1 aromatic carbocycles. The summed E-state index contributed by atoms with van der Waals surface area (Å²) in [4.78, 5) is 32.1. The van der Waals surface area contributed by atoms with Crippen LogP contribution in [0.1, 0.15) is 10.5 Å². The van der Waals surface area contributed by atoms with E-state index in [1.165, 1.54) is 25.2 Å². The average molecular weight is 342 g/mol. The fraction of sp³-hybridized carbons (Fsp3) is 0.0625. The van der Waals surface area contributed by atoms with Crippen LogP contribution in [0, 0.1) is 0 Å². The minimum atomic E-state index is -0.498. The van der Waals surface area contributed by atoms with Crippen molar-refractivity contribution >= 4 is 23.3 Å². The molecule has 24 heavy (non-hydrogen) atoms. The van der Waals surface area contributed by atoms with Gasteiger partial charge in [0.15, 0.2) is 11.6 Å². The van der Waals surface area contributed by atoms with E-state index in [1.54, 1.807) is 0 Å². The van der Waals surface area contributed by atoms with E-state index in [4.69, 9.17) is 11.6 Å². The molecule has 0 aliphatic heterocycles. The Morgan fingerprint density at radius 1 is 1.12 bits per heavy atom. The molecule has 0 spiro atoms. The van der Waals surface area contributed by atoms with Crippen molar-refractivity contribution < 1.29 is 4.79 Å². The molecule has 1 N–H and O–H groups in total. The molecule has 0 fully saturated rings. The molecule has 0 radical (unpaired) electrons. The van der Waals surface area contributed by atoms with Crippen molar-refractivity contribution in [1.29, 1.82) is 0 Å². The lowest BCUT2D eigenvalue weighted by atomic mass is 10.2. The summed E-state index contributed by atoms with van der Waals surface area (Å²) < 4.78 is 1.12. The standard InChI is InChI=1S/C16H12ClN5O2/c1-22-14(23)8-7-13(21-22)20-16(24)11-9-12(17)19-15(18-11)10-5-3-2-4-6-10/h2-9H,1H3,(H,20,21,24). The van der Waals surface area contributed by atoms with Gasteiger partial charge in [0.1, 0.15) is 10.8 Å². The van der Waals surface area contributed by atoms with Crippen LogP contribution < -0.4 is 10.9 Å². The van der Waals surface area contributed by atoms with Gasteiger partial charge in [0, 0.05) is 24.7 Å². The highest BCUT2D eigenvalue weighted by Crippen LogP contribution is 2.18. The van der Waals surface area contributed by atoms with Crippen LogP contribution in [0.5, 0.6) is 0 Å². The summed E-state index contributed by atoms with van der Waals surface area (Å²) in [6, 6.07) is 13.3. The molecule has 0 saturated heterocycles. The van der Waals surface area contributed by atoms with Crippen molar-refractivity contribution in [3.8, 4) is 11.4 Å². The van der Waals surface area contributed by atoms with E-state index in [0.29, 0.717) is 5.82 Å². The number of rotatable bonds is 3. The fourth-order valence-corrected chi connectivity index (χ4v) is 2.18. The van der Waals surface area contributed by atoms with Crippen molar-refractivity contribution in [2.75, 3.05) is 5.32 Å². The maximum absolute atomic E-state index is 12.4. The summed E-state index contributed by atoms with van der Waals surface area (Å²) in [5.74, 6) is 0.0856. The van der Waals surface area contributed by atoms with Gasteiger partial charge < -0.3 is 5.32 Å². The Morgan fingerprint density at radius 3 is 2.58 bits per heavy atom. The maximum Gasteiger partial charge on any atom is 0.275 e. The van der Waals surface area contributed by atoms with Gasteiger partial charge in [0.25, 0.3) is 11.5 Å². The van der Waals surface area contributed by atoms with Gasteiger partial charge in [-0.25, -0.2) is 14.6 Å². The molecular weight excluding hydrogens is 330 g/mol. The molecule has 0 atom stereocenters. The lowest BCUT2D eigenvalue weighted by molar-refractivity contribution is 0.102. The number of nitrogens with zero attached hydrogens (tertiary/aromatic N) is 4. The first-order valence-electron chi connectivity index (χ1n) is 6.98. The quantitative estimate of drug-likeness (QED) is 0.737. The number of hydrogen-bond acceptors (Lipinski definition) is 5. The van der Waals surface area contributed by atoms with Crippen LogP contribution in [0.25, 0.3) is 11.4 Å². The molecule has 3 aromatic rings. The van der Waals surface area contributed by atoms with Crippen LogP contribution in [-0.2, 0) is 7.05 Å². The van der Waals surface area contributed by atoms with Crippen molar-refractivity contribution in [3.63, 3.8) is 0 Å². The monoisotopic (exact) mass is 341 g/mol. The third kappa shape index (κ3) is 3.47. The molecule has 0 bridgehead atoms. The Bertz CT molecular complexity index is 956. The second-order valence-electron chi connectivity index (χ2n) is 4.90. The van der Waals surface area contributed by atoms with Gasteiger partial charge >= 0.3 is 0 Å².